The molecule has 0 radical (unpaired) electrons. The summed E-state index contributed by atoms with van der Waals surface area (Å²) in [6.45, 7) is 0.0695. The molecule has 0 aromatic heterocycles. The number of alkyl halides is 3. The summed E-state index contributed by atoms with van der Waals surface area (Å²) in [5.74, 6) is -0.567. The molecule has 1 amide bonds. The van der Waals surface area contributed by atoms with E-state index in [1.54, 1.807) is 0 Å². The zero-order valence-corrected chi connectivity index (χ0v) is 10.2. The number of hydrogen-bond donors (Lipinski definition) is 2. The molecule has 17 heavy (non-hydrogen) atoms. The van der Waals surface area contributed by atoms with Crippen LogP contribution in [0, 0.1) is 0 Å². The van der Waals surface area contributed by atoms with Crippen LogP contribution in [-0.2, 0) is 11.0 Å². The Morgan fingerprint density at radius 3 is 2.59 bits per heavy atom. The van der Waals surface area contributed by atoms with Crippen molar-refractivity contribution in [2.24, 2.45) is 5.73 Å². The molecule has 3 nitrogen and oxygen atoms in total. The minimum atomic E-state index is -4.45. The Morgan fingerprint density at radius 1 is 1.41 bits per heavy atom. The highest BCUT2D eigenvalue weighted by atomic mass is 79.9. The van der Waals surface area contributed by atoms with E-state index in [0.29, 0.717) is 4.47 Å². The quantitative estimate of drug-likeness (QED) is 0.898. The van der Waals surface area contributed by atoms with Crippen LogP contribution in [0.5, 0.6) is 0 Å². The molecule has 3 N–H and O–H groups in total. The molecular weight excluding hydrogens is 301 g/mol. The van der Waals surface area contributed by atoms with Crippen LogP contribution in [0.2, 0.25) is 0 Å². The molecule has 0 aliphatic rings. The van der Waals surface area contributed by atoms with Crippen LogP contribution in [0.3, 0.4) is 0 Å². The number of halogens is 4. The van der Waals surface area contributed by atoms with Crippen molar-refractivity contribution in [1.29, 1.82) is 0 Å². The molecular formula is C10H10BrF3N2O. The van der Waals surface area contributed by atoms with Gasteiger partial charge in [0, 0.05) is 23.1 Å². The summed E-state index contributed by atoms with van der Waals surface area (Å²) in [5.41, 5.74) is 4.05. The number of rotatable bonds is 4. The van der Waals surface area contributed by atoms with Gasteiger partial charge in [0.25, 0.3) is 0 Å². The predicted octanol–water partition coefficient (Wildman–Crippen LogP) is 2.76. The number of carbonyl (C=O) groups excluding carboxylic acids is 1. The summed E-state index contributed by atoms with van der Waals surface area (Å²) in [5, 5.41) is 2.54. The molecule has 0 spiro atoms. The minimum absolute atomic E-state index is 0.0205. The maximum Gasteiger partial charge on any atom is 0.418 e. The zero-order valence-electron chi connectivity index (χ0n) is 8.64. The first kappa shape index (κ1) is 13.8. The molecule has 94 valence electrons. The Morgan fingerprint density at radius 2 is 2.06 bits per heavy atom. The van der Waals surface area contributed by atoms with E-state index in [4.69, 9.17) is 5.73 Å². The lowest BCUT2D eigenvalue weighted by molar-refractivity contribution is -0.137. The van der Waals surface area contributed by atoms with Crippen molar-refractivity contribution in [1.82, 2.24) is 0 Å². The average Bonchev–Trinajstić information content (AvgIpc) is 2.18. The van der Waals surface area contributed by atoms with Crippen LogP contribution in [0.15, 0.2) is 22.7 Å². The third kappa shape index (κ3) is 4.26. The van der Waals surface area contributed by atoms with Crippen molar-refractivity contribution < 1.29 is 18.0 Å². The van der Waals surface area contributed by atoms with Gasteiger partial charge in [-0.05, 0) is 18.2 Å². The van der Waals surface area contributed by atoms with Crippen molar-refractivity contribution in [2.75, 3.05) is 11.9 Å². The molecule has 0 heterocycles. The molecule has 0 aliphatic carbocycles. The van der Waals surface area contributed by atoms with Gasteiger partial charge in [-0.1, -0.05) is 15.9 Å². The van der Waals surface area contributed by atoms with Gasteiger partial charge in [0.1, 0.15) is 0 Å². The number of hydrogen-bond acceptors (Lipinski definition) is 2. The summed E-state index contributed by atoms with van der Waals surface area (Å²) in [6.07, 6.45) is -4.47. The van der Waals surface area contributed by atoms with Crippen molar-refractivity contribution in [3.05, 3.63) is 28.2 Å². The Bertz CT molecular complexity index is 421. The Balaban J connectivity index is 2.87. The molecule has 7 heteroatoms. The summed E-state index contributed by atoms with van der Waals surface area (Å²) < 4.78 is 38.3. The number of anilines is 1. The van der Waals surface area contributed by atoms with E-state index >= 15 is 0 Å². The van der Waals surface area contributed by atoms with Crippen LogP contribution in [0.4, 0.5) is 18.9 Å². The number of benzene rings is 1. The Labute approximate surface area is 104 Å². The molecule has 1 aromatic carbocycles. The molecule has 0 saturated carbocycles. The second-order valence-electron chi connectivity index (χ2n) is 3.33. The number of nitrogens with two attached hydrogens (primary N) is 1. The van der Waals surface area contributed by atoms with E-state index in [1.165, 1.54) is 12.1 Å². The monoisotopic (exact) mass is 310 g/mol. The normalized spacial score (nSPS) is 11.3. The third-order valence-electron chi connectivity index (χ3n) is 1.97. The van der Waals surface area contributed by atoms with Crippen LogP contribution in [-0.4, -0.2) is 12.5 Å². The fourth-order valence-corrected chi connectivity index (χ4v) is 1.59. The lowest BCUT2D eigenvalue weighted by atomic mass is 10.1. The standard InChI is InChI=1S/C10H10BrF3N2O/c11-6-1-2-8(16-4-3-9(15)17)7(5-6)10(12,13)14/h1-2,5,16H,3-4H2,(H2,15,17). The summed E-state index contributed by atoms with van der Waals surface area (Å²) in [7, 11) is 0. The maximum absolute atomic E-state index is 12.7. The van der Waals surface area contributed by atoms with Crippen molar-refractivity contribution in [3.8, 4) is 0 Å². The average molecular weight is 311 g/mol. The first-order chi connectivity index (χ1) is 7.80. The maximum atomic E-state index is 12.7. The zero-order chi connectivity index (χ0) is 13.1. The summed E-state index contributed by atoms with van der Waals surface area (Å²) in [4.78, 5) is 10.5. The highest BCUT2D eigenvalue weighted by Gasteiger charge is 2.33. The lowest BCUT2D eigenvalue weighted by Gasteiger charge is -2.14. The lowest BCUT2D eigenvalue weighted by Crippen LogP contribution is -2.17. The van der Waals surface area contributed by atoms with Crippen LogP contribution >= 0.6 is 15.9 Å². The van der Waals surface area contributed by atoms with E-state index in [2.05, 4.69) is 21.2 Å². The molecule has 1 aromatic rings. The van der Waals surface area contributed by atoms with E-state index in [9.17, 15) is 18.0 Å². The number of carbonyl (C=O) groups is 1. The van der Waals surface area contributed by atoms with Gasteiger partial charge in [0.05, 0.1) is 5.56 Å². The topological polar surface area (TPSA) is 55.1 Å². The largest absolute Gasteiger partial charge is 0.418 e. The van der Waals surface area contributed by atoms with E-state index in [0.717, 1.165) is 6.07 Å². The molecule has 0 aliphatic heterocycles. The summed E-state index contributed by atoms with van der Waals surface area (Å²) >= 11 is 2.98. The third-order valence-corrected chi connectivity index (χ3v) is 2.47. The van der Waals surface area contributed by atoms with E-state index in [1.807, 2.05) is 0 Å². The fraction of sp³-hybridized carbons (Fsp3) is 0.300. The molecule has 0 bridgehead atoms. The highest BCUT2D eigenvalue weighted by Crippen LogP contribution is 2.36. The molecule has 0 unspecified atom stereocenters. The van der Waals surface area contributed by atoms with E-state index in [-0.39, 0.29) is 18.7 Å². The van der Waals surface area contributed by atoms with Crippen LogP contribution in [0.1, 0.15) is 12.0 Å². The number of nitrogens with one attached hydrogen (secondary N) is 1. The van der Waals surface area contributed by atoms with Gasteiger partial charge in [-0.25, -0.2) is 0 Å². The van der Waals surface area contributed by atoms with Gasteiger partial charge in [-0.3, -0.25) is 4.79 Å². The minimum Gasteiger partial charge on any atom is -0.384 e. The van der Waals surface area contributed by atoms with Gasteiger partial charge in [-0.2, -0.15) is 13.2 Å². The number of amides is 1. The molecule has 1 rings (SSSR count). The van der Waals surface area contributed by atoms with Crippen molar-refractivity contribution >= 4 is 27.5 Å². The van der Waals surface area contributed by atoms with Crippen molar-refractivity contribution in [3.63, 3.8) is 0 Å². The van der Waals surface area contributed by atoms with Gasteiger partial charge in [0.2, 0.25) is 5.91 Å². The second kappa shape index (κ2) is 5.39. The first-order valence-electron chi connectivity index (χ1n) is 4.69. The van der Waals surface area contributed by atoms with Gasteiger partial charge in [-0.15, -0.1) is 0 Å². The highest BCUT2D eigenvalue weighted by molar-refractivity contribution is 9.10. The summed E-state index contributed by atoms with van der Waals surface area (Å²) in [6, 6.07) is 3.77. The van der Waals surface area contributed by atoms with Gasteiger partial charge in [0.15, 0.2) is 0 Å². The molecule has 0 saturated heterocycles. The SMILES string of the molecule is NC(=O)CCNc1ccc(Br)cc1C(F)(F)F. The van der Waals surface area contributed by atoms with Gasteiger partial charge >= 0.3 is 6.18 Å². The van der Waals surface area contributed by atoms with Crippen LogP contribution in [0.25, 0.3) is 0 Å². The first-order valence-corrected chi connectivity index (χ1v) is 5.49. The Kier molecular flexibility index (Phi) is 4.39. The molecule has 0 atom stereocenters. The second-order valence-corrected chi connectivity index (χ2v) is 4.25. The van der Waals surface area contributed by atoms with E-state index < -0.39 is 17.6 Å². The molecule has 0 fully saturated rings. The van der Waals surface area contributed by atoms with Crippen LogP contribution < -0.4 is 11.1 Å². The van der Waals surface area contributed by atoms with Gasteiger partial charge < -0.3 is 11.1 Å². The number of primary amides is 1. The van der Waals surface area contributed by atoms with Crippen molar-refractivity contribution in [2.45, 2.75) is 12.6 Å². The smallest absolute Gasteiger partial charge is 0.384 e. The predicted molar refractivity (Wildman–Crippen MR) is 61.4 cm³/mol. The fourth-order valence-electron chi connectivity index (χ4n) is 1.23. The Hall–Kier alpha value is -1.24.